The highest BCUT2D eigenvalue weighted by atomic mass is 16.7. The fourth-order valence-corrected chi connectivity index (χ4v) is 5.55. The Kier molecular flexibility index (Phi) is 7.02. The van der Waals surface area contributed by atoms with E-state index in [2.05, 4.69) is 43.3 Å². The van der Waals surface area contributed by atoms with Gasteiger partial charge in [0.1, 0.15) is 0 Å². The van der Waals surface area contributed by atoms with E-state index in [0.29, 0.717) is 5.71 Å². The second kappa shape index (κ2) is 9.99. The Bertz CT molecular complexity index is 1310. The van der Waals surface area contributed by atoms with Crippen molar-refractivity contribution in [1.29, 1.82) is 0 Å². The van der Waals surface area contributed by atoms with Crippen LogP contribution >= 0.6 is 0 Å². The van der Waals surface area contributed by atoms with Gasteiger partial charge in [-0.2, -0.15) is 0 Å². The molecule has 3 aromatic carbocycles. The number of carbonyl (C=O) groups excluding carboxylic acids is 2. The molecule has 0 bridgehead atoms. The topological polar surface area (TPSA) is 55.7 Å². The van der Waals surface area contributed by atoms with Crippen molar-refractivity contribution in [2.24, 2.45) is 5.16 Å². The van der Waals surface area contributed by atoms with E-state index >= 15 is 0 Å². The van der Waals surface area contributed by atoms with Crippen LogP contribution in [0, 0.1) is 6.92 Å². The molecule has 0 aromatic heterocycles. The number of aryl methyl sites for hydroxylation is 1. The first kappa shape index (κ1) is 24.6. The van der Waals surface area contributed by atoms with Gasteiger partial charge in [-0.3, -0.25) is 4.79 Å². The molecule has 1 aliphatic rings. The Morgan fingerprint density at radius 1 is 0.829 bits per heavy atom. The third kappa shape index (κ3) is 4.45. The highest BCUT2D eigenvalue weighted by Crippen LogP contribution is 2.54. The zero-order valence-electron chi connectivity index (χ0n) is 21.3. The van der Waals surface area contributed by atoms with Gasteiger partial charge >= 0.3 is 5.97 Å². The molecular formula is C31H33NO3. The van der Waals surface area contributed by atoms with E-state index in [9.17, 15) is 9.59 Å². The average Bonchev–Trinajstić information content (AvgIpc) is 3.11. The maximum absolute atomic E-state index is 13.5. The number of hydrogen-bond donors (Lipinski definition) is 0. The molecule has 4 rings (SSSR count). The van der Waals surface area contributed by atoms with E-state index in [1.807, 2.05) is 50.2 Å². The smallest absolute Gasteiger partial charge is 0.318 e. The predicted octanol–water partition coefficient (Wildman–Crippen LogP) is 7.38. The molecule has 0 N–H and O–H groups in total. The Morgan fingerprint density at radius 3 is 1.97 bits per heavy atom. The minimum absolute atomic E-state index is 0.0637. The van der Waals surface area contributed by atoms with Crippen molar-refractivity contribution in [1.82, 2.24) is 0 Å². The SMILES string of the molecule is CCCC1(CCC)c2cc(C(=O)c3ccccc3C)ccc2-c2ccc(C(C)=NOC(C)=O)cc21. The highest BCUT2D eigenvalue weighted by molar-refractivity contribution is 6.10. The maximum atomic E-state index is 13.5. The molecule has 0 spiro atoms. The van der Waals surface area contributed by atoms with Crippen LogP contribution in [0.1, 0.15) is 91.6 Å². The standard InChI is InChI=1S/C31H33NO3/c1-6-16-31(17-7-2)28-18-23(21(4)32-35-22(5)33)12-14-26(28)27-15-13-24(19-29(27)31)30(34)25-11-9-8-10-20(25)3/h8-15,18-19H,6-7,16-17H2,1-5H3. The summed E-state index contributed by atoms with van der Waals surface area (Å²) in [4.78, 5) is 29.6. The van der Waals surface area contributed by atoms with E-state index in [0.717, 1.165) is 47.9 Å². The van der Waals surface area contributed by atoms with Gasteiger partial charge in [0, 0.05) is 23.5 Å². The van der Waals surface area contributed by atoms with Crippen LogP contribution in [0.4, 0.5) is 0 Å². The molecular weight excluding hydrogens is 434 g/mol. The maximum Gasteiger partial charge on any atom is 0.331 e. The quantitative estimate of drug-likeness (QED) is 0.150. The van der Waals surface area contributed by atoms with Crippen molar-refractivity contribution in [2.75, 3.05) is 0 Å². The van der Waals surface area contributed by atoms with E-state index in [4.69, 9.17) is 4.84 Å². The van der Waals surface area contributed by atoms with Crippen molar-refractivity contribution < 1.29 is 14.4 Å². The largest absolute Gasteiger partial charge is 0.331 e. The molecule has 180 valence electrons. The third-order valence-electron chi connectivity index (χ3n) is 7.09. The zero-order chi connectivity index (χ0) is 25.2. The molecule has 35 heavy (non-hydrogen) atoms. The van der Waals surface area contributed by atoms with Crippen molar-refractivity contribution >= 4 is 17.5 Å². The first-order chi connectivity index (χ1) is 16.8. The first-order valence-corrected chi connectivity index (χ1v) is 12.4. The molecule has 1 aliphatic carbocycles. The number of fused-ring (bicyclic) bond motifs is 3. The lowest BCUT2D eigenvalue weighted by molar-refractivity contribution is -0.140. The lowest BCUT2D eigenvalue weighted by atomic mass is 9.71. The van der Waals surface area contributed by atoms with Crippen molar-refractivity contribution in [3.8, 4) is 11.1 Å². The van der Waals surface area contributed by atoms with Crippen LogP contribution in [0.5, 0.6) is 0 Å². The van der Waals surface area contributed by atoms with E-state index in [1.54, 1.807) is 0 Å². The van der Waals surface area contributed by atoms with Crippen LogP contribution in [0.3, 0.4) is 0 Å². The average molecular weight is 468 g/mol. The minimum atomic E-state index is -0.435. The normalized spacial score (nSPS) is 13.8. The van der Waals surface area contributed by atoms with Gasteiger partial charge in [-0.05, 0) is 72.2 Å². The molecule has 0 amide bonds. The van der Waals surface area contributed by atoms with Gasteiger partial charge in [0.25, 0.3) is 0 Å². The molecule has 4 heteroatoms. The molecule has 0 atom stereocenters. The molecule has 0 heterocycles. The van der Waals surface area contributed by atoms with E-state index < -0.39 is 5.97 Å². The van der Waals surface area contributed by atoms with Gasteiger partial charge in [-0.15, -0.1) is 0 Å². The predicted molar refractivity (Wildman–Crippen MR) is 141 cm³/mol. The number of oxime groups is 1. The first-order valence-electron chi connectivity index (χ1n) is 12.4. The van der Waals surface area contributed by atoms with Gasteiger partial charge < -0.3 is 4.84 Å². The van der Waals surface area contributed by atoms with Gasteiger partial charge in [-0.25, -0.2) is 4.79 Å². The Balaban J connectivity index is 1.87. The summed E-state index contributed by atoms with van der Waals surface area (Å²) in [6.07, 6.45) is 4.04. The number of carbonyl (C=O) groups is 2. The minimum Gasteiger partial charge on any atom is -0.318 e. The molecule has 0 fully saturated rings. The van der Waals surface area contributed by atoms with E-state index in [1.165, 1.54) is 29.2 Å². The summed E-state index contributed by atoms with van der Waals surface area (Å²) in [6.45, 7) is 9.62. The summed E-state index contributed by atoms with van der Waals surface area (Å²) in [6, 6.07) is 20.4. The van der Waals surface area contributed by atoms with Gasteiger partial charge in [0.2, 0.25) is 0 Å². The molecule has 0 saturated carbocycles. The number of nitrogens with zero attached hydrogens (tertiary/aromatic N) is 1. The lowest BCUT2D eigenvalue weighted by Gasteiger charge is -2.32. The summed E-state index contributed by atoms with van der Waals surface area (Å²) in [5, 5.41) is 4.01. The van der Waals surface area contributed by atoms with Gasteiger partial charge in [0.15, 0.2) is 5.78 Å². The van der Waals surface area contributed by atoms with Gasteiger partial charge in [-0.1, -0.05) is 80.4 Å². The molecule has 0 aliphatic heterocycles. The highest BCUT2D eigenvalue weighted by Gasteiger charge is 2.42. The van der Waals surface area contributed by atoms with Gasteiger partial charge in [0.05, 0.1) is 5.71 Å². The van der Waals surface area contributed by atoms with Crippen LogP contribution in [0.15, 0.2) is 65.8 Å². The summed E-state index contributed by atoms with van der Waals surface area (Å²) >= 11 is 0. The van der Waals surface area contributed by atoms with Crippen LogP contribution in [0.2, 0.25) is 0 Å². The summed E-state index contributed by atoms with van der Waals surface area (Å²) in [5.74, 6) is -0.371. The van der Waals surface area contributed by atoms with Crippen molar-refractivity contribution in [2.45, 2.75) is 65.7 Å². The molecule has 0 saturated heterocycles. The van der Waals surface area contributed by atoms with Crippen LogP contribution in [-0.2, 0) is 15.0 Å². The molecule has 0 radical (unpaired) electrons. The fraction of sp³-hybridized carbons (Fsp3) is 0.323. The second-order valence-electron chi connectivity index (χ2n) is 9.51. The van der Waals surface area contributed by atoms with Crippen molar-refractivity contribution in [3.63, 3.8) is 0 Å². The summed E-state index contributed by atoms with van der Waals surface area (Å²) in [5.41, 5.74) is 8.81. The zero-order valence-corrected chi connectivity index (χ0v) is 21.3. The van der Waals surface area contributed by atoms with Crippen LogP contribution in [-0.4, -0.2) is 17.5 Å². The molecule has 4 nitrogen and oxygen atoms in total. The summed E-state index contributed by atoms with van der Waals surface area (Å²) in [7, 11) is 0. The van der Waals surface area contributed by atoms with E-state index in [-0.39, 0.29) is 11.2 Å². The summed E-state index contributed by atoms with van der Waals surface area (Å²) < 4.78 is 0. The van der Waals surface area contributed by atoms with Crippen LogP contribution in [0.25, 0.3) is 11.1 Å². The fourth-order valence-electron chi connectivity index (χ4n) is 5.55. The molecule has 0 unspecified atom stereocenters. The Morgan fingerprint density at radius 2 is 1.40 bits per heavy atom. The van der Waals surface area contributed by atoms with Crippen LogP contribution < -0.4 is 0 Å². The van der Waals surface area contributed by atoms with Crippen molar-refractivity contribution in [3.05, 3.63) is 94.0 Å². The number of rotatable bonds is 8. The number of benzene rings is 3. The number of hydrogen-bond acceptors (Lipinski definition) is 4. The number of ketones is 1. The second-order valence-corrected chi connectivity index (χ2v) is 9.51. The Labute approximate surface area is 208 Å². The lowest BCUT2D eigenvalue weighted by Crippen LogP contribution is -2.25. The Hall–Kier alpha value is -3.53. The monoisotopic (exact) mass is 467 g/mol. The molecule has 3 aromatic rings. The third-order valence-corrected chi connectivity index (χ3v) is 7.09.